The van der Waals surface area contributed by atoms with E-state index in [1.807, 2.05) is 0 Å². The standard InChI is InChI=1S/C15H31N3O3/c1-12(2,3)10(19)14(6,17)8-13(4,5)11(20)15(7,18)21-9-16/h8-9,16-18H2,1-7H3. The molecule has 0 aliphatic carbocycles. The summed E-state index contributed by atoms with van der Waals surface area (Å²) in [6.45, 7) is 11.8. The fourth-order valence-electron chi connectivity index (χ4n) is 2.85. The van der Waals surface area contributed by atoms with Gasteiger partial charge in [-0.2, -0.15) is 0 Å². The van der Waals surface area contributed by atoms with Crippen molar-refractivity contribution in [2.24, 2.45) is 28.0 Å². The molecule has 0 aromatic carbocycles. The van der Waals surface area contributed by atoms with Crippen LogP contribution in [-0.2, 0) is 14.3 Å². The zero-order chi connectivity index (χ0) is 17.3. The van der Waals surface area contributed by atoms with Crippen LogP contribution in [0.3, 0.4) is 0 Å². The van der Waals surface area contributed by atoms with Crippen molar-refractivity contribution in [3.8, 4) is 0 Å². The predicted octanol–water partition coefficient (Wildman–Crippen LogP) is 0.912. The summed E-state index contributed by atoms with van der Waals surface area (Å²) < 4.78 is 5.10. The van der Waals surface area contributed by atoms with Gasteiger partial charge in [-0.25, -0.2) is 0 Å². The van der Waals surface area contributed by atoms with Gasteiger partial charge in [-0.3, -0.25) is 15.3 Å². The van der Waals surface area contributed by atoms with Crippen molar-refractivity contribution < 1.29 is 14.3 Å². The van der Waals surface area contributed by atoms with E-state index in [1.54, 1.807) is 41.5 Å². The first-order valence-electron chi connectivity index (χ1n) is 7.09. The number of hydrogen-bond donors (Lipinski definition) is 3. The molecule has 0 bridgehead atoms. The summed E-state index contributed by atoms with van der Waals surface area (Å²) in [5.74, 6) is -0.437. The third-order valence-electron chi connectivity index (χ3n) is 3.46. The summed E-state index contributed by atoms with van der Waals surface area (Å²) in [6, 6.07) is 0. The average molecular weight is 301 g/mol. The van der Waals surface area contributed by atoms with E-state index in [0.29, 0.717) is 0 Å². The Balaban J connectivity index is 5.29. The summed E-state index contributed by atoms with van der Waals surface area (Å²) in [5.41, 5.74) is 13.2. The van der Waals surface area contributed by atoms with Crippen LogP contribution in [0.4, 0.5) is 0 Å². The molecule has 0 fully saturated rings. The van der Waals surface area contributed by atoms with Crippen LogP contribution in [0.15, 0.2) is 0 Å². The van der Waals surface area contributed by atoms with Gasteiger partial charge in [-0.05, 0) is 20.3 Å². The lowest BCUT2D eigenvalue weighted by molar-refractivity contribution is -0.153. The molecule has 0 aromatic heterocycles. The molecule has 0 aliphatic rings. The molecule has 0 amide bonds. The van der Waals surface area contributed by atoms with Crippen molar-refractivity contribution in [2.75, 3.05) is 6.73 Å². The van der Waals surface area contributed by atoms with Crippen LogP contribution in [0.1, 0.15) is 54.9 Å². The second-order valence-corrected chi connectivity index (χ2v) is 7.80. The zero-order valence-corrected chi connectivity index (χ0v) is 14.4. The molecule has 124 valence electrons. The molecule has 0 spiro atoms. The maximum absolute atomic E-state index is 12.6. The van der Waals surface area contributed by atoms with Crippen LogP contribution in [0.2, 0.25) is 0 Å². The Labute approximate surface area is 127 Å². The monoisotopic (exact) mass is 301 g/mol. The van der Waals surface area contributed by atoms with Crippen LogP contribution >= 0.6 is 0 Å². The maximum atomic E-state index is 12.6. The summed E-state index contributed by atoms with van der Waals surface area (Å²) in [7, 11) is 0. The van der Waals surface area contributed by atoms with Crippen LogP contribution in [0.25, 0.3) is 0 Å². The third kappa shape index (κ3) is 5.14. The fourth-order valence-corrected chi connectivity index (χ4v) is 2.85. The number of rotatable bonds is 7. The van der Waals surface area contributed by atoms with Gasteiger partial charge in [0.05, 0.1) is 12.3 Å². The molecule has 0 aliphatic heterocycles. The molecule has 0 aromatic rings. The van der Waals surface area contributed by atoms with Crippen molar-refractivity contribution in [3.05, 3.63) is 0 Å². The Hall–Kier alpha value is -0.820. The van der Waals surface area contributed by atoms with Crippen LogP contribution in [-0.4, -0.2) is 29.6 Å². The van der Waals surface area contributed by atoms with Crippen molar-refractivity contribution >= 4 is 11.6 Å². The first-order valence-corrected chi connectivity index (χ1v) is 7.09. The van der Waals surface area contributed by atoms with Gasteiger partial charge in [0.2, 0.25) is 0 Å². The molecule has 6 nitrogen and oxygen atoms in total. The quantitative estimate of drug-likeness (QED) is 0.601. The minimum atomic E-state index is -1.50. The van der Waals surface area contributed by atoms with Gasteiger partial charge in [0.15, 0.2) is 17.3 Å². The molecular weight excluding hydrogens is 270 g/mol. The molecule has 0 saturated heterocycles. The number of Topliss-reactive ketones (excluding diaryl/α,β-unsaturated/α-hetero) is 2. The first-order chi connectivity index (χ1) is 9.08. The maximum Gasteiger partial charge on any atom is 0.184 e. The van der Waals surface area contributed by atoms with E-state index in [-0.39, 0.29) is 24.7 Å². The lowest BCUT2D eigenvalue weighted by Gasteiger charge is -2.39. The molecule has 2 atom stereocenters. The lowest BCUT2D eigenvalue weighted by atomic mass is 9.69. The molecule has 0 saturated carbocycles. The Morgan fingerprint density at radius 1 is 0.905 bits per heavy atom. The second kappa shape index (κ2) is 6.12. The largest absolute Gasteiger partial charge is 0.339 e. The number of nitrogens with two attached hydrogens (primary N) is 3. The molecule has 0 radical (unpaired) electrons. The summed E-state index contributed by atoms with van der Waals surface area (Å²) in [5, 5.41) is 0. The van der Waals surface area contributed by atoms with Gasteiger partial charge < -0.3 is 16.2 Å². The number of ketones is 2. The van der Waals surface area contributed by atoms with Gasteiger partial charge in [0.25, 0.3) is 0 Å². The van der Waals surface area contributed by atoms with Gasteiger partial charge in [-0.1, -0.05) is 34.6 Å². The number of ether oxygens (including phenoxy) is 1. The summed E-state index contributed by atoms with van der Waals surface area (Å²) in [4.78, 5) is 25.0. The average Bonchev–Trinajstić information content (AvgIpc) is 2.24. The van der Waals surface area contributed by atoms with Gasteiger partial charge in [-0.15, -0.1) is 0 Å². The van der Waals surface area contributed by atoms with Gasteiger partial charge in [0, 0.05) is 10.8 Å². The Kier molecular flexibility index (Phi) is 5.88. The lowest BCUT2D eigenvalue weighted by Crippen LogP contribution is -2.58. The molecule has 6 heteroatoms. The fraction of sp³-hybridized carbons (Fsp3) is 0.867. The predicted molar refractivity (Wildman–Crippen MR) is 83.2 cm³/mol. The van der Waals surface area contributed by atoms with E-state index in [0.717, 1.165) is 0 Å². The Morgan fingerprint density at radius 2 is 1.33 bits per heavy atom. The molecule has 6 N–H and O–H groups in total. The van der Waals surface area contributed by atoms with E-state index in [9.17, 15) is 9.59 Å². The van der Waals surface area contributed by atoms with E-state index < -0.39 is 22.1 Å². The topological polar surface area (TPSA) is 121 Å². The third-order valence-corrected chi connectivity index (χ3v) is 3.46. The van der Waals surface area contributed by atoms with Crippen molar-refractivity contribution in [3.63, 3.8) is 0 Å². The summed E-state index contributed by atoms with van der Waals surface area (Å²) in [6.07, 6.45) is 0.176. The molecular formula is C15H31N3O3. The van der Waals surface area contributed by atoms with Crippen LogP contribution < -0.4 is 17.2 Å². The molecule has 2 unspecified atom stereocenters. The van der Waals surface area contributed by atoms with Crippen LogP contribution in [0, 0.1) is 10.8 Å². The SMILES string of the molecule is CC(C)(C)C(=O)C(C)(N)CC(C)(C)C(=O)C(C)(N)OCN. The highest BCUT2D eigenvalue weighted by Gasteiger charge is 2.47. The first kappa shape index (κ1) is 20.2. The smallest absolute Gasteiger partial charge is 0.184 e. The minimum Gasteiger partial charge on any atom is -0.339 e. The highest BCUT2D eigenvalue weighted by molar-refractivity contribution is 5.95. The van der Waals surface area contributed by atoms with Crippen LogP contribution in [0.5, 0.6) is 0 Å². The van der Waals surface area contributed by atoms with E-state index in [2.05, 4.69) is 0 Å². The summed E-state index contributed by atoms with van der Waals surface area (Å²) >= 11 is 0. The normalized spacial score (nSPS) is 18.8. The van der Waals surface area contributed by atoms with E-state index in [4.69, 9.17) is 21.9 Å². The number of hydrogen-bond acceptors (Lipinski definition) is 6. The number of carbonyl (C=O) groups is 2. The van der Waals surface area contributed by atoms with Crippen molar-refractivity contribution in [2.45, 2.75) is 66.2 Å². The second-order valence-electron chi connectivity index (χ2n) is 7.80. The van der Waals surface area contributed by atoms with E-state index >= 15 is 0 Å². The zero-order valence-electron chi connectivity index (χ0n) is 14.4. The van der Waals surface area contributed by atoms with Gasteiger partial charge in [0.1, 0.15) is 0 Å². The molecule has 21 heavy (non-hydrogen) atoms. The van der Waals surface area contributed by atoms with Gasteiger partial charge >= 0.3 is 0 Å². The Morgan fingerprint density at radius 3 is 1.67 bits per heavy atom. The highest BCUT2D eigenvalue weighted by atomic mass is 16.5. The minimum absolute atomic E-state index is 0.102. The van der Waals surface area contributed by atoms with Crippen molar-refractivity contribution in [1.29, 1.82) is 0 Å². The van der Waals surface area contributed by atoms with E-state index in [1.165, 1.54) is 6.92 Å². The number of carbonyl (C=O) groups excluding carboxylic acids is 2. The highest BCUT2D eigenvalue weighted by Crippen LogP contribution is 2.35. The Bertz CT molecular complexity index is 407. The van der Waals surface area contributed by atoms with Crippen molar-refractivity contribution in [1.82, 2.24) is 0 Å². The molecule has 0 heterocycles. The molecule has 0 rings (SSSR count).